The number of nitrogens with zero attached hydrogens (tertiary/aromatic N) is 1. The van der Waals surface area contributed by atoms with Crippen molar-refractivity contribution in [3.63, 3.8) is 0 Å². The number of rotatable bonds is 8. The van der Waals surface area contributed by atoms with E-state index in [0.717, 1.165) is 31.7 Å². The van der Waals surface area contributed by atoms with Gasteiger partial charge in [0.15, 0.2) is 17.3 Å². The number of methoxy groups -OCH3 is 2. The molecule has 1 N–H and O–H groups in total. The van der Waals surface area contributed by atoms with Crippen molar-refractivity contribution < 1.29 is 27.9 Å². The highest BCUT2D eigenvalue weighted by molar-refractivity contribution is 6.31. The van der Waals surface area contributed by atoms with E-state index < -0.39 is 23.7 Å². The molecule has 7 nitrogen and oxygen atoms in total. The standard InChI is InChI=1S/C26H26ClFN2O5/c1-33-21-10-5-9-18(24(21)34-2)23(25(31)29-16-7-3-4-8-16)30(26(32)22-11-6-14-35-22)17-12-13-20(28)19(27)15-17/h5-6,9-16,23H,3-4,7-8H2,1-2H3,(H,29,31)/t23-/m1/s1. The van der Waals surface area contributed by atoms with Gasteiger partial charge in [-0.1, -0.05) is 36.6 Å². The van der Waals surface area contributed by atoms with Gasteiger partial charge in [-0.2, -0.15) is 0 Å². The van der Waals surface area contributed by atoms with E-state index in [1.165, 1.54) is 43.6 Å². The number of furan rings is 1. The van der Waals surface area contributed by atoms with Gasteiger partial charge in [-0.05, 0) is 49.2 Å². The van der Waals surface area contributed by atoms with Gasteiger partial charge in [-0.15, -0.1) is 0 Å². The number of ether oxygens (including phenoxy) is 2. The highest BCUT2D eigenvalue weighted by Gasteiger charge is 2.38. The molecule has 1 atom stereocenters. The van der Waals surface area contributed by atoms with Crippen molar-refractivity contribution in [2.24, 2.45) is 0 Å². The molecule has 184 valence electrons. The quantitative estimate of drug-likeness (QED) is 0.439. The highest BCUT2D eigenvalue weighted by Crippen LogP contribution is 2.40. The second-order valence-corrected chi connectivity index (χ2v) is 8.63. The molecule has 1 aromatic heterocycles. The van der Waals surface area contributed by atoms with Crippen molar-refractivity contribution >= 4 is 29.1 Å². The van der Waals surface area contributed by atoms with E-state index in [0.29, 0.717) is 17.1 Å². The zero-order chi connectivity index (χ0) is 24.9. The van der Waals surface area contributed by atoms with Gasteiger partial charge in [0.1, 0.15) is 11.9 Å². The number of halogens is 2. The zero-order valence-corrected chi connectivity index (χ0v) is 20.2. The van der Waals surface area contributed by atoms with Crippen molar-refractivity contribution in [1.29, 1.82) is 0 Å². The number of carbonyl (C=O) groups excluding carboxylic acids is 2. The molecule has 35 heavy (non-hydrogen) atoms. The minimum Gasteiger partial charge on any atom is -0.493 e. The minimum absolute atomic E-state index is 0.00553. The molecule has 0 aliphatic heterocycles. The van der Waals surface area contributed by atoms with E-state index in [1.54, 1.807) is 24.3 Å². The topological polar surface area (TPSA) is 81.0 Å². The molecule has 1 heterocycles. The van der Waals surface area contributed by atoms with Gasteiger partial charge in [0.05, 0.1) is 25.5 Å². The fourth-order valence-electron chi connectivity index (χ4n) is 4.41. The maximum atomic E-state index is 14.0. The summed E-state index contributed by atoms with van der Waals surface area (Å²) in [4.78, 5) is 28.9. The first-order valence-electron chi connectivity index (χ1n) is 11.3. The van der Waals surface area contributed by atoms with Crippen LogP contribution in [0.5, 0.6) is 11.5 Å². The van der Waals surface area contributed by atoms with E-state index in [2.05, 4.69) is 5.32 Å². The van der Waals surface area contributed by atoms with Gasteiger partial charge in [-0.25, -0.2) is 4.39 Å². The number of amides is 2. The lowest BCUT2D eigenvalue weighted by Crippen LogP contribution is -2.46. The number of benzene rings is 2. The van der Waals surface area contributed by atoms with Crippen molar-refractivity contribution in [2.45, 2.75) is 37.8 Å². The molecule has 0 bridgehead atoms. The lowest BCUT2D eigenvalue weighted by molar-refractivity contribution is -0.123. The van der Waals surface area contributed by atoms with Gasteiger partial charge in [0, 0.05) is 17.3 Å². The minimum atomic E-state index is -1.19. The third kappa shape index (κ3) is 5.12. The smallest absolute Gasteiger partial charge is 0.294 e. The van der Waals surface area contributed by atoms with Crippen LogP contribution in [0.1, 0.15) is 47.8 Å². The van der Waals surface area contributed by atoms with E-state index >= 15 is 0 Å². The molecule has 0 radical (unpaired) electrons. The molecular weight excluding hydrogens is 475 g/mol. The van der Waals surface area contributed by atoms with Crippen LogP contribution >= 0.6 is 11.6 Å². The number of nitrogens with one attached hydrogen (secondary N) is 1. The summed E-state index contributed by atoms with van der Waals surface area (Å²) in [7, 11) is 2.95. The summed E-state index contributed by atoms with van der Waals surface area (Å²) >= 11 is 6.08. The van der Waals surface area contributed by atoms with Crippen LogP contribution in [-0.2, 0) is 4.79 Å². The van der Waals surface area contributed by atoms with Crippen molar-refractivity contribution in [3.8, 4) is 11.5 Å². The van der Waals surface area contributed by atoms with Crippen LogP contribution in [0.15, 0.2) is 59.2 Å². The van der Waals surface area contributed by atoms with E-state index in [9.17, 15) is 14.0 Å². The molecular formula is C26H26ClFN2O5. The molecule has 1 saturated carbocycles. The van der Waals surface area contributed by atoms with Gasteiger partial charge >= 0.3 is 0 Å². The largest absolute Gasteiger partial charge is 0.493 e. The monoisotopic (exact) mass is 500 g/mol. The van der Waals surface area contributed by atoms with Crippen molar-refractivity contribution in [3.05, 3.63) is 77.0 Å². The molecule has 0 unspecified atom stereocenters. The van der Waals surface area contributed by atoms with Crippen LogP contribution in [0.3, 0.4) is 0 Å². The zero-order valence-electron chi connectivity index (χ0n) is 19.4. The summed E-state index contributed by atoms with van der Waals surface area (Å²) in [5.74, 6) is -0.964. The van der Waals surface area contributed by atoms with Crippen LogP contribution < -0.4 is 19.7 Å². The second kappa shape index (κ2) is 10.8. The summed E-state index contributed by atoms with van der Waals surface area (Å²) in [5.41, 5.74) is 0.608. The molecule has 1 fully saturated rings. The van der Waals surface area contributed by atoms with Gasteiger partial charge in [-0.3, -0.25) is 14.5 Å². The Labute approximate surface area is 207 Å². The first-order chi connectivity index (χ1) is 16.9. The molecule has 0 saturated heterocycles. The molecule has 0 spiro atoms. The Bertz CT molecular complexity index is 1190. The van der Waals surface area contributed by atoms with Crippen LogP contribution in [0, 0.1) is 5.82 Å². The first-order valence-corrected chi connectivity index (χ1v) is 11.7. The third-order valence-corrected chi connectivity index (χ3v) is 6.36. The molecule has 3 aromatic rings. The number of hydrogen-bond acceptors (Lipinski definition) is 5. The van der Waals surface area contributed by atoms with E-state index in [1.807, 2.05) is 0 Å². The Hall–Kier alpha value is -3.52. The summed E-state index contributed by atoms with van der Waals surface area (Å²) in [5, 5.41) is 2.89. The molecule has 4 rings (SSSR count). The summed E-state index contributed by atoms with van der Waals surface area (Å²) < 4.78 is 30.5. The van der Waals surface area contributed by atoms with Crippen molar-refractivity contribution in [2.75, 3.05) is 19.1 Å². The van der Waals surface area contributed by atoms with Gasteiger partial charge in [0.25, 0.3) is 5.91 Å². The molecule has 2 aromatic carbocycles. The van der Waals surface area contributed by atoms with Crippen LogP contribution in [-0.4, -0.2) is 32.1 Å². The summed E-state index contributed by atoms with van der Waals surface area (Å²) in [6, 6.07) is 10.8. The Morgan fingerprint density at radius 2 is 1.89 bits per heavy atom. The predicted molar refractivity (Wildman–Crippen MR) is 130 cm³/mol. The lowest BCUT2D eigenvalue weighted by Gasteiger charge is -2.32. The highest BCUT2D eigenvalue weighted by atomic mass is 35.5. The average Bonchev–Trinajstić information content (AvgIpc) is 3.58. The van der Waals surface area contributed by atoms with Crippen molar-refractivity contribution in [1.82, 2.24) is 5.32 Å². The number of carbonyl (C=O) groups is 2. The van der Waals surface area contributed by atoms with Gasteiger partial charge < -0.3 is 19.2 Å². The Kier molecular flexibility index (Phi) is 7.60. The van der Waals surface area contributed by atoms with E-state index in [4.69, 9.17) is 25.5 Å². The normalized spacial score (nSPS) is 14.4. The second-order valence-electron chi connectivity index (χ2n) is 8.23. The lowest BCUT2D eigenvalue weighted by atomic mass is 10.00. The fourth-order valence-corrected chi connectivity index (χ4v) is 4.59. The SMILES string of the molecule is COc1cccc([C@H](C(=O)NC2CCCC2)N(C(=O)c2ccco2)c2ccc(F)c(Cl)c2)c1OC. The van der Waals surface area contributed by atoms with Gasteiger partial charge in [0.2, 0.25) is 5.91 Å². The van der Waals surface area contributed by atoms with Crippen LogP contribution in [0.4, 0.5) is 10.1 Å². The number of para-hydroxylation sites is 1. The predicted octanol–water partition coefficient (Wildman–Crippen LogP) is 5.54. The summed E-state index contributed by atoms with van der Waals surface area (Å²) in [6.45, 7) is 0. The molecule has 2 amide bonds. The first kappa shape index (κ1) is 24.6. The maximum Gasteiger partial charge on any atom is 0.294 e. The molecule has 1 aliphatic rings. The average molecular weight is 501 g/mol. The van der Waals surface area contributed by atoms with Crippen LogP contribution in [0.2, 0.25) is 5.02 Å². The third-order valence-electron chi connectivity index (χ3n) is 6.07. The number of hydrogen-bond donors (Lipinski definition) is 1. The number of anilines is 1. The maximum absolute atomic E-state index is 14.0. The Morgan fingerprint density at radius 3 is 2.51 bits per heavy atom. The molecule has 9 heteroatoms. The van der Waals surface area contributed by atoms with Crippen LogP contribution in [0.25, 0.3) is 0 Å². The fraction of sp³-hybridized carbons (Fsp3) is 0.308. The van der Waals surface area contributed by atoms with E-state index in [-0.39, 0.29) is 22.5 Å². The Morgan fingerprint density at radius 1 is 1.11 bits per heavy atom. The summed E-state index contributed by atoms with van der Waals surface area (Å²) in [6.07, 6.45) is 5.09. The Balaban J connectivity index is 1.91. The molecule has 1 aliphatic carbocycles.